The second-order valence-electron chi connectivity index (χ2n) is 6.64. The topological polar surface area (TPSA) is 60.6 Å². The molecule has 0 bridgehead atoms. The maximum atomic E-state index is 6.04. The number of anilines is 1. The number of allylic oxidation sites excluding steroid dienone is 1. The van der Waals surface area contributed by atoms with Gasteiger partial charge in [0.05, 0.1) is 11.4 Å². The summed E-state index contributed by atoms with van der Waals surface area (Å²) in [5.41, 5.74) is 5.05. The largest absolute Gasteiger partial charge is 0.324 e. The number of rotatable bonds is 3. The van der Waals surface area contributed by atoms with E-state index in [-0.39, 0.29) is 6.04 Å². The summed E-state index contributed by atoms with van der Waals surface area (Å²) >= 11 is 6.04. The van der Waals surface area contributed by atoms with Crippen molar-refractivity contribution in [3.05, 3.63) is 95.0 Å². The summed E-state index contributed by atoms with van der Waals surface area (Å²) in [6.45, 7) is 2.02. The van der Waals surface area contributed by atoms with Gasteiger partial charge in [0.2, 0.25) is 5.95 Å². The molecule has 6 nitrogen and oxygen atoms in total. The predicted octanol–water partition coefficient (Wildman–Crippen LogP) is 4.48. The number of fused-ring (bicyclic) bond motifs is 1. The number of aromatic nitrogens is 5. The van der Waals surface area contributed by atoms with Crippen LogP contribution in [0.4, 0.5) is 5.95 Å². The lowest BCUT2D eigenvalue weighted by atomic mass is 10.0. The van der Waals surface area contributed by atoms with Crippen molar-refractivity contribution >= 4 is 23.2 Å². The molecule has 0 spiro atoms. The molecule has 1 atom stereocenters. The Kier molecular flexibility index (Phi) is 3.98. The third kappa shape index (κ3) is 2.88. The normalized spacial score (nSPS) is 15.6. The van der Waals surface area contributed by atoms with Crippen molar-refractivity contribution in [1.82, 2.24) is 24.5 Å². The van der Waals surface area contributed by atoms with Crippen molar-refractivity contribution < 1.29 is 0 Å². The Labute approximate surface area is 167 Å². The van der Waals surface area contributed by atoms with E-state index >= 15 is 0 Å². The third-order valence-corrected chi connectivity index (χ3v) is 5.09. The van der Waals surface area contributed by atoms with E-state index in [9.17, 15) is 0 Å². The van der Waals surface area contributed by atoms with Crippen molar-refractivity contribution in [2.24, 2.45) is 0 Å². The SMILES string of the molecule is Cc1nn(-c2ccccc2)cc1[C@@H]1C=C(c2ccc(Cl)cc2)Nc2ncnn21. The van der Waals surface area contributed by atoms with E-state index in [0.29, 0.717) is 11.0 Å². The Morgan fingerprint density at radius 1 is 1.04 bits per heavy atom. The van der Waals surface area contributed by atoms with E-state index in [2.05, 4.69) is 27.7 Å². The van der Waals surface area contributed by atoms with Crippen LogP contribution < -0.4 is 5.32 Å². The van der Waals surface area contributed by atoms with Gasteiger partial charge in [-0.25, -0.2) is 9.36 Å². The van der Waals surface area contributed by atoms with Crippen LogP contribution in [0, 0.1) is 6.92 Å². The maximum absolute atomic E-state index is 6.04. The zero-order valence-corrected chi connectivity index (χ0v) is 15.9. The number of nitrogens with one attached hydrogen (secondary N) is 1. The van der Waals surface area contributed by atoms with Gasteiger partial charge in [0.1, 0.15) is 12.4 Å². The third-order valence-electron chi connectivity index (χ3n) is 4.84. The first kappa shape index (κ1) is 16.8. The monoisotopic (exact) mass is 388 g/mol. The van der Waals surface area contributed by atoms with Crippen molar-refractivity contribution in [2.75, 3.05) is 5.32 Å². The lowest BCUT2D eigenvalue weighted by molar-refractivity contribution is 0.609. The summed E-state index contributed by atoms with van der Waals surface area (Å²) in [5.74, 6) is 0.698. The molecule has 0 saturated carbocycles. The Bertz CT molecular complexity index is 1160. The summed E-state index contributed by atoms with van der Waals surface area (Å²) in [6, 6.07) is 17.7. The molecule has 0 unspecified atom stereocenters. The zero-order chi connectivity index (χ0) is 19.1. The Balaban J connectivity index is 1.60. The molecule has 7 heteroatoms. The molecule has 3 heterocycles. The number of benzene rings is 2. The van der Waals surface area contributed by atoms with Crippen molar-refractivity contribution in [2.45, 2.75) is 13.0 Å². The number of aryl methyl sites for hydroxylation is 1. The molecule has 0 aliphatic carbocycles. The Morgan fingerprint density at radius 2 is 1.82 bits per heavy atom. The van der Waals surface area contributed by atoms with Crippen LogP contribution in [0.25, 0.3) is 11.4 Å². The summed E-state index contributed by atoms with van der Waals surface area (Å²) in [7, 11) is 0. The van der Waals surface area contributed by atoms with Crippen LogP contribution in [-0.2, 0) is 0 Å². The average molecular weight is 389 g/mol. The fraction of sp³-hybridized carbons (Fsp3) is 0.0952. The molecule has 0 fully saturated rings. The molecule has 1 aliphatic rings. The number of hydrogen-bond donors (Lipinski definition) is 1. The van der Waals surface area contributed by atoms with Crippen LogP contribution in [0.3, 0.4) is 0 Å². The first-order valence-electron chi connectivity index (χ1n) is 8.95. The summed E-state index contributed by atoms with van der Waals surface area (Å²) in [6.07, 6.45) is 5.76. The number of halogens is 1. The second-order valence-corrected chi connectivity index (χ2v) is 7.07. The van der Waals surface area contributed by atoms with E-state index in [1.807, 2.05) is 70.9 Å². The number of hydrogen-bond acceptors (Lipinski definition) is 4. The standard InChI is InChI=1S/C21H17ClN6/c1-14-18(12-27(26-14)17-5-3-2-4-6-17)20-11-19(15-7-9-16(22)10-8-15)25-21-23-13-24-28(20)21/h2-13,20H,1H3,(H,23,24,25)/t20-/m0/s1. The van der Waals surface area contributed by atoms with E-state index in [4.69, 9.17) is 16.7 Å². The van der Waals surface area contributed by atoms with Crippen molar-refractivity contribution in [1.29, 1.82) is 0 Å². The van der Waals surface area contributed by atoms with Crippen LogP contribution in [-0.4, -0.2) is 24.5 Å². The second kappa shape index (κ2) is 6.65. The molecule has 2 aromatic heterocycles. The van der Waals surface area contributed by atoms with E-state index in [1.165, 1.54) is 0 Å². The minimum Gasteiger partial charge on any atom is -0.324 e. The predicted molar refractivity (Wildman–Crippen MR) is 110 cm³/mol. The van der Waals surface area contributed by atoms with Gasteiger partial charge in [-0.3, -0.25) is 0 Å². The van der Waals surface area contributed by atoms with E-state index in [0.717, 1.165) is 28.2 Å². The molecular weight excluding hydrogens is 372 g/mol. The van der Waals surface area contributed by atoms with Crippen LogP contribution in [0.2, 0.25) is 5.02 Å². The van der Waals surface area contributed by atoms with Gasteiger partial charge in [-0.05, 0) is 42.8 Å². The number of para-hydroxylation sites is 1. The van der Waals surface area contributed by atoms with Gasteiger partial charge in [0.25, 0.3) is 0 Å². The highest BCUT2D eigenvalue weighted by Gasteiger charge is 2.26. The molecule has 5 rings (SSSR count). The molecule has 0 radical (unpaired) electrons. The molecule has 0 amide bonds. The van der Waals surface area contributed by atoms with Gasteiger partial charge in [-0.15, -0.1) is 0 Å². The fourth-order valence-electron chi connectivity index (χ4n) is 3.43. The first-order valence-corrected chi connectivity index (χ1v) is 9.33. The van der Waals surface area contributed by atoms with Gasteiger partial charge in [-0.1, -0.05) is 41.9 Å². The van der Waals surface area contributed by atoms with E-state index < -0.39 is 0 Å². The smallest absolute Gasteiger partial charge is 0.226 e. The van der Waals surface area contributed by atoms with Gasteiger partial charge in [0.15, 0.2) is 0 Å². The lowest BCUT2D eigenvalue weighted by Crippen LogP contribution is -2.20. The first-order chi connectivity index (χ1) is 13.7. The minimum atomic E-state index is -0.109. The van der Waals surface area contributed by atoms with Gasteiger partial charge in [0, 0.05) is 22.5 Å². The zero-order valence-electron chi connectivity index (χ0n) is 15.1. The van der Waals surface area contributed by atoms with Crippen LogP contribution in [0.5, 0.6) is 0 Å². The highest BCUT2D eigenvalue weighted by atomic mass is 35.5. The molecule has 0 saturated heterocycles. The molecule has 28 heavy (non-hydrogen) atoms. The molecule has 4 aromatic rings. The van der Waals surface area contributed by atoms with Gasteiger partial charge < -0.3 is 5.32 Å². The van der Waals surface area contributed by atoms with Crippen LogP contribution in [0.15, 0.2) is 73.2 Å². The number of nitrogens with zero attached hydrogens (tertiary/aromatic N) is 5. The molecule has 2 aromatic carbocycles. The minimum absolute atomic E-state index is 0.109. The Hall–Kier alpha value is -3.38. The average Bonchev–Trinajstić information content (AvgIpc) is 3.35. The molecule has 1 N–H and O–H groups in total. The summed E-state index contributed by atoms with van der Waals surface area (Å²) < 4.78 is 3.78. The van der Waals surface area contributed by atoms with Crippen molar-refractivity contribution in [3.8, 4) is 5.69 Å². The molecule has 1 aliphatic heterocycles. The highest BCUT2D eigenvalue weighted by molar-refractivity contribution is 6.30. The van der Waals surface area contributed by atoms with Gasteiger partial charge in [-0.2, -0.15) is 15.2 Å². The maximum Gasteiger partial charge on any atom is 0.226 e. The van der Waals surface area contributed by atoms with Gasteiger partial charge >= 0.3 is 0 Å². The van der Waals surface area contributed by atoms with Crippen LogP contribution in [0.1, 0.15) is 22.9 Å². The van der Waals surface area contributed by atoms with E-state index in [1.54, 1.807) is 6.33 Å². The summed E-state index contributed by atoms with van der Waals surface area (Å²) in [4.78, 5) is 4.37. The molecular formula is C21H17ClN6. The highest BCUT2D eigenvalue weighted by Crippen LogP contribution is 2.33. The van der Waals surface area contributed by atoms with Crippen molar-refractivity contribution in [3.63, 3.8) is 0 Å². The fourth-order valence-corrected chi connectivity index (χ4v) is 3.56. The Morgan fingerprint density at radius 3 is 2.61 bits per heavy atom. The quantitative estimate of drug-likeness (QED) is 0.562. The van der Waals surface area contributed by atoms with Crippen LogP contribution >= 0.6 is 11.6 Å². The summed E-state index contributed by atoms with van der Waals surface area (Å²) in [5, 5.41) is 13.2. The lowest BCUT2D eigenvalue weighted by Gasteiger charge is -2.24. The molecule has 138 valence electrons.